The lowest BCUT2D eigenvalue weighted by Gasteiger charge is -2.36. The van der Waals surface area contributed by atoms with Crippen LogP contribution in [0.3, 0.4) is 0 Å². The highest BCUT2D eigenvalue weighted by atomic mass is 35.5. The first-order valence-corrected chi connectivity index (χ1v) is 14.8. The summed E-state index contributed by atoms with van der Waals surface area (Å²) in [6.45, 7) is 12.4. The van der Waals surface area contributed by atoms with Crippen molar-refractivity contribution < 1.29 is 14.7 Å². The smallest absolute Gasteiger partial charge is 0.337 e. The van der Waals surface area contributed by atoms with Crippen molar-refractivity contribution in [2.75, 3.05) is 15.5 Å². The second kappa shape index (κ2) is 11.2. The molecule has 9 heteroatoms. The van der Waals surface area contributed by atoms with Gasteiger partial charge in [0.1, 0.15) is 11.4 Å². The number of anilines is 4. The topological polar surface area (TPSA) is 116 Å². The maximum Gasteiger partial charge on any atom is 0.337 e. The van der Waals surface area contributed by atoms with Crippen molar-refractivity contribution in [3.63, 3.8) is 0 Å². The minimum Gasteiger partial charge on any atom is -0.478 e. The van der Waals surface area contributed by atoms with Gasteiger partial charge in [-0.1, -0.05) is 70.0 Å². The van der Waals surface area contributed by atoms with Crippen LogP contribution in [0.1, 0.15) is 92.1 Å². The third-order valence-electron chi connectivity index (χ3n) is 8.33. The maximum atomic E-state index is 13.9. The molecule has 1 aliphatic heterocycles. The van der Waals surface area contributed by atoms with E-state index < -0.39 is 22.7 Å². The number of rotatable bonds is 8. The number of benzene rings is 2. The maximum absolute atomic E-state index is 13.9. The van der Waals surface area contributed by atoms with E-state index >= 15 is 0 Å². The Bertz CT molecular complexity index is 1790. The summed E-state index contributed by atoms with van der Waals surface area (Å²) in [5, 5.41) is 16.6. The number of hydrogen-bond donors (Lipinski definition) is 3. The molecule has 1 heterocycles. The van der Waals surface area contributed by atoms with Crippen molar-refractivity contribution in [1.82, 2.24) is 0 Å². The van der Waals surface area contributed by atoms with E-state index in [4.69, 9.17) is 11.6 Å². The Morgan fingerprint density at radius 3 is 2.30 bits per heavy atom. The lowest BCUT2D eigenvalue weighted by atomic mass is 9.78. The first-order chi connectivity index (χ1) is 20.2. The highest BCUT2D eigenvalue weighted by Gasteiger charge is 2.37. The van der Waals surface area contributed by atoms with Crippen molar-refractivity contribution in [3.8, 4) is 0 Å². The van der Waals surface area contributed by atoms with E-state index in [1.165, 1.54) is 16.5 Å². The molecule has 0 fully saturated rings. The average Bonchev–Trinajstić information content (AvgIpc) is 3.31. The molecule has 3 N–H and O–H groups in total. The fourth-order valence-electron chi connectivity index (χ4n) is 5.79. The molecular formula is C34H36ClN3O5. The minimum atomic E-state index is -1.15. The van der Waals surface area contributed by atoms with E-state index in [-0.39, 0.29) is 52.1 Å². The Morgan fingerprint density at radius 1 is 1.00 bits per heavy atom. The molecule has 0 saturated heterocycles. The van der Waals surface area contributed by atoms with Crippen molar-refractivity contribution in [1.29, 1.82) is 0 Å². The summed E-state index contributed by atoms with van der Waals surface area (Å²) in [6.07, 6.45) is 5.94. The summed E-state index contributed by atoms with van der Waals surface area (Å²) < 4.78 is 0. The van der Waals surface area contributed by atoms with E-state index in [9.17, 15) is 24.3 Å². The van der Waals surface area contributed by atoms with Crippen molar-refractivity contribution in [3.05, 3.63) is 101 Å². The van der Waals surface area contributed by atoms with Crippen LogP contribution >= 0.6 is 11.6 Å². The zero-order valence-corrected chi connectivity index (χ0v) is 26.0. The van der Waals surface area contributed by atoms with Gasteiger partial charge in [-0.2, -0.15) is 0 Å². The van der Waals surface area contributed by atoms with Crippen molar-refractivity contribution in [2.45, 2.75) is 72.9 Å². The summed E-state index contributed by atoms with van der Waals surface area (Å²) in [5.74, 6) is -1.48. The van der Waals surface area contributed by atoms with Crippen LogP contribution < -0.4 is 26.4 Å². The molecular weight excluding hydrogens is 566 g/mol. The number of carboxylic acid groups (broad SMARTS) is 1. The van der Waals surface area contributed by atoms with Gasteiger partial charge < -0.3 is 20.6 Å². The third kappa shape index (κ3) is 5.52. The molecule has 0 spiro atoms. The predicted octanol–water partition coefficient (Wildman–Crippen LogP) is 7.15. The standard InChI is InChI=1S/C34H36ClN3O5/c1-17(2)20-11-12-21(33(42)43)25(15-20)38-16-22-23(35)13-14-24(26(22)32(38)41)36-27-28(30(40)29(27)39)37-31(34(4,5)6)19-9-7-18(3)8-10-19/h7,9,11-15,17,31,36-37H,8,10,16H2,1-6H3,(H,42,43)/t31-/m0/s1. The van der Waals surface area contributed by atoms with E-state index in [1.807, 2.05) is 13.8 Å². The summed E-state index contributed by atoms with van der Waals surface area (Å²) in [6, 6.07) is 8.01. The molecule has 0 saturated carbocycles. The molecule has 3 aromatic rings. The van der Waals surface area contributed by atoms with Gasteiger partial charge in [0.15, 0.2) is 0 Å². The molecule has 224 valence electrons. The quantitative estimate of drug-likeness (QED) is 0.235. The highest BCUT2D eigenvalue weighted by Crippen LogP contribution is 2.41. The Kier molecular flexibility index (Phi) is 7.86. The number of carbonyl (C=O) groups excluding carboxylic acids is 1. The zero-order valence-electron chi connectivity index (χ0n) is 25.2. The minimum absolute atomic E-state index is 0.000396. The molecule has 1 aliphatic carbocycles. The van der Waals surface area contributed by atoms with Crippen LogP contribution in [0.4, 0.5) is 22.7 Å². The summed E-state index contributed by atoms with van der Waals surface area (Å²) in [7, 11) is 0. The fourth-order valence-corrected chi connectivity index (χ4v) is 6.01. The zero-order chi connectivity index (χ0) is 31.4. The first kappa shape index (κ1) is 30.3. The van der Waals surface area contributed by atoms with E-state index in [0.29, 0.717) is 16.3 Å². The van der Waals surface area contributed by atoms with E-state index in [0.717, 1.165) is 24.0 Å². The van der Waals surface area contributed by atoms with Crippen LogP contribution in [0.5, 0.6) is 0 Å². The normalized spacial score (nSPS) is 15.8. The van der Waals surface area contributed by atoms with Crippen LogP contribution in [0.25, 0.3) is 0 Å². The van der Waals surface area contributed by atoms with Crippen molar-refractivity contribution in [2.24, 2.45) is 5.41 Å². The Hall–Kier alpha value is -4.17. The van der Waals surface area contributed by atoms with E-state index in [1.54, 1.807) is 24.3 Å². The van der Waals surface area contributed by atoms with Gasteiger partial charge in [0, 0.05) is 10.6 Å². The van der Waals surface area contributed by atoms with Gasteiger partial charge >= 0.3 is 5.97 Å². The van der Waals surface area contributed by atoms with Gasteiger partial charge in [-0.05, 0) is 66.5 Å². The lowest BCUT2D eigenvalue weighted by Crippen LogP contribution is -2.43. The molecule has 1 atom stereocenters. The Labute approximate surface area is 255 Å². The monoisotopic (exact) mass is 601 g/mol. The van der Waals surface area contributed by atoms with Gasteiger partial charge in [0.25, 0.3) is 16.8 Å². The van der Waals surface area contributed by atoms with Crippen LogP contribution in [0, 0.1) is 5.41 Å². The largest absolute Gasteiger partial charge is 0.478 e. The van der Waals surface area contributed by atoms with Gasteiger partial charge in [0.05, 0.1) is 35.1 Å². The van der Waals surface area contributed by atoms with Crippen LogP contribution in [-0.2, 0) is 6.54 Å². The van der Waals surface area contributed by atoms with Gasteiger partial charge in [-0.25, -0.2) is 4.79 Å². The number of amides is 1. The number of allylic oxidation sites excluding steroid dienone is 3. The molecule has 0 unspecified atom stereocenters. The number of aromatic carboxylic acids is 1. The molecule has 2 aliphatic rings. The lowest BCUT2D eigenvalue weighted by molar-refractivity contribution is 0.0697. The van der Waals surface area contributed by atoms with Crippen molar-refractivity contribution >= 4 is 46.2 Å². The molecule has 0 bridgehead atoms. The number of hydrogen-bond acceptors (Lipinski definition) is 6. The average molecular weight is 602 g/mol. The number of nitrogens with zero attached hydrogens (tertiary/aromatic N) is 1. The molecule has 3 aromatic carbocycles. The fraction of sp³-hybridized carbons (Fsp3) is 0.353. The van der Waals surface area contributed by atoms with Crippen LogP contribution in [-0.4, -0.2) is 23.0 Å². The third-order valence-corrected chi connectivity index (χ3v) is 8.68. The molecule has 43 heavy (non-hydrogen) atoms. The molecule has 1 amide bonds. The predicted molar refractivity (Wildman–Crippen MR) is 172 cm³/mol. The second-order valence-electron chi connectivity index (χ2n) is 12.8. The molecule has 0 aromatic heterocycles. The van der Waals surface area contributed by atoms with Gasteiger partial charge in [0.2, 0.25) is 0 Å². The van der Waals surface area contributed by atoms with E-state index in [2.05, 4.69) is 50.5 Å². The summed E-state index contributed by atoms with van der Waals surface area (Å²) in [4.78, 5) is 53.1. The van der Waals surface area contributed by atoms with Crippen LogP contribution in [0.2, 0.25) is 5.02 Å². The highest BCUT2D eigenvalue weighted by molar-refractivity contribution is 6.33. The Balaban J connectivity index is 1.51. The molecule has 0 radical (unpaired) electrons. The number of carbonyl (C=O) groups is 2. The SMILES string of the molecule is CC1=CC=C([C@H](Nc2c(Nc3ccc(Cl)c4c3C(=O)N(c3cc(C(C)C)ccc3C(=O)O)C4)c(=O)c2=O)C(C)(C)C)CC1. The van der Waals surface area contributed by atoms with Crippen LogP contribution in [0.15, 0.2) is 63.2 Å². The Morgan fingerprint density at radius 2 is 1.70 bits per heavy atom. The number of carboxylic acids is 1. The second-order valence-corrected chi connectivity index (χ2v) is 13.2. The van der Waals surface area contributed by atoms with Gasteiger partial charge in [-0.15, -0.1) is 0 Å². The first-order valence-electron chi connectivity index (χ1n) is 14.4. The molecule has 8 nitrogen and oxygen atoms in total. The summed E-state index contributed by atoms with van der Waals surface area (Å²) >= 11 is 6.54. The van der Waals surface area contributed by atoms with Gasteiger partial charge in [-0.3, -0.25) is 14.4 Å². The number of nitrogens with one attached hydrogen (secondary N) is 2. The summed E-state index contributed by atoms with van der Waals surface area (Å²) in [5.41, 5.74) is 3.39. The molecule has 5 rings (SSSR count). The number of fused-ring (bicyclic) bond motifs is 1. The number of halogens is 1.